The lowest BCUT2D eigenvalue weighted by Crippen LogP contribution is -2.39. The molecule has 0 bridgehead atoms. The monoisotopic (exact) mass is 253 g/mol. The minimum atomic E-state index is -0.637. The SMILES string of the molecule is COc1ccc(OC)c(C2(N)CCCCC2)c1F. The van der Waals surface area contributed by atoms with Crippen LogP contribution in [-0.2, 0) is 5.54 Å². The zero-order chi connectivity index (χ0) is 13.2. The van der Waals surface area contributed by atoms with E-state index in [0.717, 1.165) is 32.1 Å². The first-order chi connectivity index (χ1) is 8.62. The number of hydrogen-bond donors (Lipinski definition) is 1. The number of nitrogens with two attached hydrogens (primary N) is 1. The maximum atomic E-state index is 14.5. The molecule has 1 saturated carbocycles. The van der Waals surface area contributed by atoms with Crippen molar-refractivity contribution in [3.05, 3.63) is 23.5 Å². The number of benzene rings is 1. The summed E-state index contributed by atoms with van der Waals surface area (Å²) in [6.07, 6.45) is 4.78. The molecule has 1 aromatic rings. The lowest BCUT2D eigenvalue weighted by Gasteiger charge is -2.35. The second-order valence-corrected chi connectivity index (χ2v) is 4.88. The van der Waals surface area contributed by atoms with E-state index in [4.69, 9.17) is 15.2 Å². The van der Waals surface area contributed by atoms with Crippen LogP contribution in [0.15, 0.2) is 12.1 Å². The Morgan fingerprint density at radius 3 is 2.17 bits per heavy atom. The Labute approximate surface area is 107 Å². The molecule has 0 aliphatic heterocycles. The highest BCUT2D eigenvalue weighted by Gasteiger charge is 2.36. The molecule has 4 heteroatoms. The molecule has 1 fully saturated rings. The summed E-state index contributed by atoms with van der Waals surface area (Å²) >= 11 is 0. The summed E-state index contributed by atoms with van der Waals surface area (Å²) in [5.74, 6) is 0.347. The molecule has 1 aliphatic rings. The van der Waals surface area contributed by atoms with Crippen molar-refractivity contribution in [1.29, 1.82) is 0 Å². The maximum Gasteiger partial charge on any atom is 0.173 e. The van der Waals surface area contributed by atoms with Gasteiger partial charge in [0.2, 0.25) is 0 Å². The second-order valence-electron chi connectivity index (χ2n) is 4.88. The lowest BCUT2D eigenvalue weighted by atomic mass is 9.77. The first kappa shape index (κ1) is 13.1. The molecule has 0 saturated heterocycles. The molecule has 2 N–H and O–H groups in total. The van der Waals surface area contributed by atoms with E-state index in [-0.39, 0.29) is 11.6 Å². The van der Waals surface area contributed by atoms with Crippen molar-refractivity contribution in [2.75, 3.05) is 14.2 Å². The quantitative estimate of drug-likeness (QED) is 0.900. The van der Waals surface area contributed by atoms with Gasteiger partial charge in [-0.25, -0.2) is 4.39 Å². The third kappa shape index (κ3) is 2.17. The van der Waals surface area contributed by atoms with Crippen LogP contribution in [0.1, 0.15) is 37.7 Å². The number of ether oxygens (including phenoxy) is 2. The van der Waals surface area contributed by atoms with Crippen LogP contribution >= 0.6 is 0 Å². The van der Waals surface area contributed by atoms with E-state index < -0.39 is 5.54 Å². The number of hydrogen-bond acceptors (Lipinski definition) is 3. The fourth-order valence-electron chi connectivity index (χ4n) is 2.76. The van der Waals surface area contributed by atoms with Crippen molar-refractivity contribution < 1.29 is 13.9 Å². The van der Waals surface area contributed by atoms with E-state index in [0.29, 0.717) is 11.3 Å². The summed E-state index contributed by atoms with van der Waals surface area (Å²) in [7, 11) is 3.00. The number of halogens is 1. The van der Waals surface area contributed by atoms with E-state index in [2.05, 4.69) is 0 Å². The predicted molar refractivity (Wildman–Crippen MR) is 68.5 cm³/mol. The Kier molecular flexibility index (Phi) is 3.76. The standard InChI is InChI=1S/C14H20FNO2/c1-17-10-6-7-11(18-2)13(15)12(10)14(16)8-4-3-5-9-14/h6-7H,3-5,8-9,16H2,1-2H3. The molecule has 0 aromatic heterocycles. The molecule has 2 rings (SSSR count). The molecule has 0 atom stereocenters. The lowest BCUT2D eigenvalue weighted by molar-refractivity contribution is 0.273. The van der Waals surface area contributed by atoms with Gasteiger partial charge in [-0.05, 0) is 25.0 Å². The zero-order valence-corrected chi connectivity index (χ0v) is 11.0. The topological polar surface area (TPSA) is 44.5 Å². The van der Waals surface area contributed by atoms with Crippen molar-refractivity contribution >= 4 is 0 Å². The van der Waals surface area contributed by atoms with Gasteiger partial charge >= 0.3 is 0 Å². The zero-order valence-electron chi connectivity index (χ0n) is 11.0. The summed E-state index contributed by atoms with van der Waals surface area (Å²) < 4.78 is 24.8. The molecular formula is C14H20FNO2. The van der Waals surface area contributed by atoms with Crippen LogP contribution in [0, 0.1) is 5.82 Å². The second kappa shape index (κ2) is 5.14. The van der Waals surface area contributed by atoms with Gasteiger partial charge < -0.3 is 15.2 Å². The molecule has 1 aromatic carbocycles. The van der Waals surface area contributed by atoms with Crippen LogP contribution in [0.5, 0.6) is 11.5 Å². The van der Waals surface area contributed by atoms with Gasteiger partial charge in [0.15, 0.2) is 11.6 Å². The average molecular weight is 253 g/mol. The number of methoxy groups -OCH3 is 2. The molecule has 0 unspecified atom stereocenters. The first-order valence-corrected chi connectivity index (χ1v) is 6.32. The van der Waals surface area contributed by atoms with Gasteiger partial charge in [0.1, 0.15) is 5.75 Å². The molecule has 3 nitrogen and oxygen atoms in total. The smallest absolute Gasteiger partial charge is 0.173 e. The molecule has 1 aliphatic carbocycles. The van der Waals surface area contributed by atoms with E-state index in [1.165, 1.54) is 14.2 Å². The summed E-state index contributed by atoms with van der Waals surface area (Å²) in [6.45, 7) is 0. The fourth-order valence-corrected chi connectivity index (χ4v) is 2.76. The van der Waals surface area contributed by atoms with Gasteiger partial charge in [0.05, 0.1) is 19.8 Å². The van der Waals surface area contributed by atoms with Crippen LogP contribution in [0.25, 0.3) is 0 Å². The molecular weight excluding hydrogens is 233 g/mol. The summed E-state index contributed by atoms with van der Waals surface area (Å²) in [5, 5.41) is 0. The predicted octanol–water partition coefficient (Wildman–Crippen LogP) is 2.96. The fraction of sp³-hybridized carbons (Fsp3) is 0.571. The van der Waals surface area contributed by atoms with Crippen molar-refractivity contribution in [3.63, 3.8) is 0 Å². The minimum absolute atomic E-state index is 0.223. The summed E-state index contributed by atoms with van der Waals surface area (Å²) in [4.78, 5) is 0. The van der Waals surface area contributed by atoms with Gasteiger partial charge in [0, 0.05) is 5.54 Å². The highest BCUT2D eigenvalue weighted by molar-refractivity contribution is 5.46. The van der Waals surface area contributed by atoms with Crippen molar-refractivity contribution in [2.45, 2.75) is 37.6 Å². The van der Waals surface area contributed by atoms with Gasteiger partial charge in [-0.15, -0.1) is 0 Å². The Balaban J connectivity index is 2.52. The normalized spacial score (nSPS) is 18.4. The van der Waals surface area contributed by atoms with Crippen LogP contribution < -0.4 is 15.2 Å². The van der Waals surface area contributed by atoms with Gasteiger partial charge in [-0.1, -0.05) is 19.3 Å². The van der Waals surface area contributed by atoms with Crippen LogP contribution in [0.4, 0.5) is 4.39 Å². The molecule has 0 radical (unpaired) electrons. The van der Waals surface area contributed by atoms with Crippen molar-refractivity contribution in [2.24, 2.45) is 5.73 Å². The third-order valence-electron chi connectivity index (χ3n) is 3.75. The molecule has 0 spiro atoms. The number of rotatable bonds is 3. The molecule has 18 heavy (non-hydrogen) atoms. The van der Waals surface area contributed by atoms with Crippen molar-refractivity contribution in [1.82, 2.24) is 0 Å². The van der Waals surface area contributed by atoms with E-state index in [9.17, 15) is 4.39 Å². The van der Waals surface area contributed by atoms with Crippen LogP contribution in [0.2, 0.25) is 0 Å². The van der Waals surface area contributed by atoms with E-state index in [1.807, 2.05) is 0 Å². The summed E-state index contributed by atoms with van der Waals surface area (Å²) in [6, 6.07) is 3.30. The maximum absolute atomic E-state index is 14.5. The molecule has 0 amide bonds. The molecule has 100 valence electrons. The Morgan fingerprint density at radius 2 is 1.61 bits per heavy atom. The first-order valence-electron chi connectivity index (χ1n) is 6.32. The van der Waals surface area contributed by atoms with Crippen LogP contribution in [0.3, 0.4) is 0 Å². The highest BCUT2D eigenvalue weighted by atomic mass is 19.1. The van der Waals surface area contributed by atoms with E-state index in [1.54, 1.807) is 12.1 Å². The average Bonchev–Trinajstić information content (AvgIpc) is 2.38. The Hall–Kier alpha value is -1.29. The minimum Gasteiger partial charge on any atom is -0.496 e. The van der Waals surface area contributed by atoms with E-state index >= 15 is 0 Å². The van der Waals surface area contributed by atoms with Crippen molar-refractivity contribution in [3.8, 4) is 11.5 Å². The third-order valence-corrected chi connectivity index (χ3v) is 3.75. The van der Waals surface area contributed by atoms with Gasteiger partial charge in [-0.3, -0.25) is 0 Å². The van der Waals surface area contributed by atoms with Gasteiger partial charge in [-0.2, -0.15) is 0 Å². The van der Waals surface area contributed by atoms with Gasteiger partial charge in [0.25, 0.3) is 0 Å². The highest BCUT2D eigenvalue weighted by Crippen LogP contribution is 2.42. The largest absolute Gasteiger partial charge is 0.496 e. The Morgan fingerprint density at radius 1 is 1.06 bits per heavy atom. The molecule has 0 heterocycles. The van der Waals surface area contributed by atoms with Crippen LogP contribution in [-0.4, -0.2) is 14.2 Å². The Bertz CT molecular complexity index is 428. The summed E-state index contributed by atoms with van der Waals surface area (Å²) in [5.41, 5.74) is 6.23.